The summed E-state index contributed by atoms with van der Waals surface area (Å²) in [6.45, 7) is 0. The van der Waals surface area contributed by atoms with E-state index in [-0.39, 0.29) is 10.7 Å². The Morgan fingerprint density at radius 3 is 2.63 bits per heavy atom. The number of benzene rings is 1. The lowest BCUT2D eigenvalue weighted by Crippen LogP contribution is -2.04. The summed E-state index contributed by atoms with van der Waals surface area (Å²) >= 11 is 1.04. The largest absolute Gasteiger partial charge is 0.477 e. The van der Waals surface area contributed by atoms with E-state index in [1.54, 1.807) is 24.3 Å². The van der Waals surface area contributed by atoms with Crippen molar-refractivity contribution in [1.29, 1.82) is 0 Å². The number of aromatic carboxylic acids is 1. The first kappa shape index (κ1) is 11.6. The van der Waals surface area contributed by atoms with Gasteiger partial charge in [0.15, 0.2) is 4.96 Å². The van der Waals surface area contributed by atoms with Crippen molar-refractivity contribution < 1.29 is 14.7 Å². The number of nitrogens with zero attached hydrogens (tertiary/aromatic N) is 2. The molecule has 0 amide bonds. The summed E-state index contributed by atoms with van der Waals surface area (Å²) in [4.78, 5) is 27.9. The summed E-state index contributed by atoms with van der Waals surface area (Å²) in [5.41, 5.74) is 0.914. The zero-order valence-electron chi connectivity index (χ0n) is 9.61. The SMILES string of the molecule is O=C(O)c1cn2c(C(=O)c3ccccc3)cnc2s1. The van der Waals surface area contributed by atoms with Crippen LogP contribution in [0.2, 0.25) is 0 Å². The molecule has 2 heterocycles. The van der Waals surface area contributed by atoms with Gasteiger partial charge in [0.1, 0.15) is 10.6 Å². The molecule has 94 valence electrons. The minimum absolute atomic E-state index is 0.158. The van der Waals surface area contributed by atoms with Crippen LogP contribution in [0.1, 0.15) is 25.7 Å². The number of rotatable bonds is 3. The lowest BCUT2D eigenvalue weighted by atomic mass is 10.1. The molecule has 0 saturated heterocycles. The van der Waals surface area contributed by atoms with Gasteiger partial charge < -0.3 is 5.11 Å². The molecule has 0 atom stereocenters. The van der Waals surface area contributed by atoms with Crippen molar-refractivity contribution in [3.05, 3.63) is 58.9 Å². The number of hydrogen-bond donors (Lipinski definition) is 1. The van der Waals surface area contributed by atoms with Crippen LogP contribution in [0.3, 0.4) is 0 Å². The lowest BCUT2D eigenvalue weighted by Gasteiger charge is -1.98. The Kier molecular flexibility index (Phi) is 2.64. The van der Waals surface area contributed by atoms with Gasteiger partial charge in [-0.25, -0.2) is 9.78 Å². The van der Waals surface area contributed by atoms with Crippen LogP contribution in [0, 0.1) is 0 Å². The van der Waals surface area contributed by atoms with Gasteiger partial charge in [-0.1, -0.05) is 41.7 Å². The molecule has 0 aliphatic carbocycles. The van der Waals surface area contributed by atoms with Gasteiger partial charge in [-0.15, -0.1) is 0 Å². The van der Waals surface area contributed by atoms with Crippen LogP contribution in [0.5, 0.6) is 0 Å². The van der Waals surface area contributed by atoms with E-state index in [0.717, 1.165) is 11.3 Å². The highest BCUT2D eigenvalue weighted by atomic mass is 32.1. The number of carboxylic acids is 1. The number of ketones is 1. The van der Waals surface area contributed by atoms with Crippen LogP contribution in [0.4, 0.5) is 0 Å². The summed E-state index contributed by atoms with van der Waals surface area (Å²) in [6, 6.07) is 8.82. The third-order valence-electron chi connectivity index (χ3n) is 2.69. The van der Waals surface area contributed by atoms with E-state index >= 15 is 0 Å². The summed E-state index contributed by atoms with van der Waals surface area (Å²) in [7, 11) is 0. The van der Waals surface area contributed by atoms with Gasteiger partial charge >= 0.3 is 5.97 Å². The molecule has 0 radical (unpaired) electrons. The molecule has 3 aromatic rings. The second-order valence-electron chi connectivity index (χ2n) is 3.89. The number of carbonyl (C=O) groups is 2. The van der Waals surface area contributed by atoms with Gasteiger partial charge in [-0.2, -0.15) is 0 Å². The molecule has 19 heavy (non-hydrogen) atoms. The maximum absolute atomic E-state index is 12.3. The molecule has 0 aliphatic rings. The van der Waals surface area contributed by atoms with Crippen molar-refractivity contribution in [3.63, 3.8) is 0 Å². The van der Waals surface area contributed by atoms with Crippen molar-refractivity contribution in [2.75, 3.05) is 0 Å². The topological polar surface area (TPSA) is 71.7 Å². The summed E-state index contributed by atoms with van der Waals surface area (Å²) in [5, 5.41) is 8.94. The van der Waals surface area contributed by atoms with Crippen LogP contribution in [-0.4, -0.2) is 26.2 Å². The zero-order valence-corrected chi connectivity index (χ0v) is 10.4. The number of imidazole rings is 1. The Balaban J connectivity index is 2.10. The Labute approximate surface area is 111 Å². The van der Waals surface area contributed by atoms with E-state index in [9.17, 15) is 9.59 Å². The Bertz CT molecular complexity index is 774. The number of fused-ring (bicyclic) bond motifs is 1. The fourth-order valence-corrected chi connectivity index (χ4v) is 2.59. The third kappa shape index (κ3) is 1.92. The van der Waals surface area contributed by atoms with Gasteiger partial charge in [-0.05, 0) is 0 Å². The van der Waals surface area contributed by atoms with Crippen molar-refractivity contribution in [1.82, 2.24) is 9.38 Å². The summed E-state index contributed by atoms with van der Waals surface area (Å²) < 4.78 is 1.52. The molecule has 6 heteroatoms. The highest BCUT2D eigenvalue weighted by Gasteiger charge is 2.17. The van der Waals surface area contributed by atoms with Crippen molar-refractivity contribution in [2.24, 2.45) is 0 Å². The van der Waals surface area contributed by atoms with Crippen LogP contribution in [-0.2, 0) is 0 Å². The normalized spacial score (nSPS) is 10.7. The fraction of sp³-hybridized carbons (Fsp3) is 0. The van der Waals surface area contributed by atoms with Crippen molar-refractivity contribution in [2.45, 2.75) is 0 Å². The quantitative estimate of drug-likeness (QED) is 0.743. The molecular weight excluding hydrogens is 264 g/mol. The van der Waals surface area contributed by atoms with Gasteiger partial charge in [0.2, 0.25) is 5.78 Å². The first-order chi connectivity index (χ1) is 9.16. The Morgan fingerprint density at radius 2 is 1.95 bits per heavy atom. The van der Waals surface area contributed by atoms with Crippen LogP contribution in [0.15, 0.2) is 42.7 Å². The second kappa shape index (κ2) is 4.33. The van der Waals surface area contributed by atoms with Crippen molar-refractivity contribution >= 4 is 28.1 Å². The third-order valence-corrected chi connectivity index (χ3v) is 3.67. The molecule has 1 aromatic carbocycles. The number of carbonyl (C=O) groups excluding carboxylic acids is 1. The van der Waals surface area contributed by atoms with E-state index < -0.39 is 5.97 Å². The van der Waals surface area contributed by atoms with E-state index in [0.29, 0.717) is 16.2 Å². The molecule has 0 fully saturated rings. The highest BCUT2D eigenvalue weighted by molar-refractivity contribution is 7.18. The molecule has 0 aliphatic heterocycles. The molecule has 0 bridgehead atoms. The van der Waals surface area contributed by atoms with Crippen LogP contribution in [0.25, 0.3) is 4.96 Å². The maximum Gasteiger partial charge on any atom is 0.347 e. The molecule has 2 aromatic heterocycles. The number of hydrogen-bond acceptors (Lipinski definition) is 4. The highest BCUT2D eigenvalue weighted by Crippen LogP contribution is 2.20. The predicted molar refractivity (Wildman–Crippen MR) is 69.9 cm³/mol. The first-order valence-electron chi connectivity index (χ1n) is 5.47. The number of thiazole rings is 1. The first-order valence-corrected chi connectivity index (χ1v) is 6.28. The van der Waals surface area contributed by atoms with Crippen LogP contribution >= 0.6 is 11.3 Å². The monoisotopic (exact) mass is 272 g/mol. The number of aromatic nitrogens is 2. The minimum atomic E-state index is -1.02. The summed E-state index contributed by atoms with van der Waals surface area (Å²) in [6.07, 6.45) is 2.89. The minimum Gasteiger partial charge on any atom is -0.477 e. The number of carboxylic acid groups (broad SMARTS) is 1. The zero-order chi connectivity index (χ0) is 13.4. The molecular formula is C13H8N2O3S. The molecule has 0 unspecified atom stereocenters. The standard InChI is InChI=1S/C13H8N2O3S/c16-11(8-4-2-1-3-5-8)9-6-14-13-15(9)7-10(19-13)12(17)18/h1-7H,(H,17,18). The fourth-order valence-electron chi connectivity index (χ4n) is 1.79. The maximum atomic E-state index is 12.3. The predicted octanol–water partition coefficient (Wildman–Crippen LogP) is 2.33. The average Bonchev–Trinajstić information content (AvgIpc) is 2.98. The van der Waals surface area contributed by atoms with Crippen LogP contribution < -0.4 is 0 Å². The van der Waals surface area contributed by atoms with Gasteiger partial charge in [-0.3, -0.25) is 9.20 Å². The van der Waals surface area contributed by atoms with E-state index in [1.165, 1.54) is 16.8 Å². The van der Waals surface area contributed by atoms with Gasteiger partial charge in [0, 0.05) is 11.8 Å². The smallest absolute Gasteiger partial charge is 0.347 e. The summed E-state index contributed by atoms with van der Waals surface area (Å²) in [5.74, 6) is -1.20. The van der Waals surface area contributed by atoms with E-state index in [2.05, 4.69) is 4.98 Å². The molecule has 1 N–H and O–H groups in total. The lowest BCUT2D eigenvalue weighted by molar-refractivity contribution is 0.0701. The van der Waals surface area contributed by atoms with Crippen molar-refractivity contribution in [3.8, 4) is 0 Å². The molecule has 0 saturated carbocycles. The molecule has 5 nitrogen and oxygen atoms in total. The van der Waals surface area contributed by atoms with Gasteiger partial charge in [0.05, 0.1) is 6.20 Å². The molecule has 0 spiro atoms. The Morgan fingerprint density at radius 1 is 1.21 bits per heavy atom. The average molecular weight is 272 g/mol. The molecule has 3 rings (SSSR count). The Hall–Kier alpha value is -2.47. The van der Waals surface area contributed by atoms with E-state index in [4.69, 9.17) is 5.11 Å². The second-order valence-corrected chi connectivity index (χ2v) is 4.90. The van der Waals surface area contributed by atoms with Gasteiger partial charge in [0.25, 0.3) is 0 Å². The van der Waals surface area contributed by atoms with E-state index in [1.807, 2.05) is 6.07 Å².